The van der Waals surface area contributed by atoms with Gasteiger partial charge in [-0.15, -0.1) is 11.8 Å². The zero-order valence-electron chi connectivity index (χ0n) is 15.0. The van der Waals surface area contributed by atoms with E-state index < -0.39 is 27.3 Å². The van der Waals surface area contributed by atoms with Crippen molar-refractivity contribution in [1.29, 1.82) is 0 Å². The van der Waals surface area contributed by atoms with E-state index in [1.54, 1.807) is 22.7 Å². The van der Waals surface area contributed by atoms with Gasteiger partial charge in [0, 0.05) is 28.7 Å². The second kappa shape index (κ2) is 7.04. The number of sulfonamides is 1. The van der Waals surface area contributed by atoms with Gasteiger partial charge in [0.25, 0.3) is 10.0 Å². The normalized spacial score (nSPS) is 19.2. The predicted octanol–water partition coefficient (Wildman–Crippen LogP) is 4.00. The van der Waals surface area contributed by atoms with Crippen LogP contribution >= 0.6 is 11.8 Å². The van der Waals surface area contributed by atoms with Gasteiger partial charge < -0.3 is 4.90 Å². The standard InChI is InChI=1S/C19H18F2N2O3S2/c1-11-10-23(19(24)12-2-3-12)17-9-14(5-7-18(17)27-11)28(25,26)22-16-8-13(20)4-6-15(16)21/h4-9,11-12,22H,2-3,10H2,1H3/t11-/m1/s1. The van der Waals surface area contributed by atoms with Crippen LogP contribution in [0.3, 0.4) is 0 Å². The summed E-state index contributed by atoms with van der Waals surface area (Å²) in [5.74, 6) is -1.62. The Bertz CT molecular complexity index is 1060. The van der Waals surface area contributed by atoms with Crippen LogP contribution in [-0.2, 0) is 14.8 Å². The number of nitrogens with zero attached hydrogens (tertiary/aromatic N) is 1. The SMILES string of the molecule is C[C@@H]1CN(C(=O)C2CC2)c2cc(S(=O)(=O)Nc3cc(F)ccc3F)ccc2S1. The van der Waals surface area contributed by atoms with Gasteiger partial charge in [-0.1, -0.05) is 6.92 Å². The van der Waals surface area contributed by atoms with Crippen LogP contribution in [0.1, 0.15) is 19.8 Å². The molecule has 2 aromatic rings. The van der Waals surface area contributed by atoms with E-state index in [-0.39, 0.29) is 22.0 Å². The number of halogens is 2. The Morgan fingerprint density at radius 1 is 1.18 bits per heavy atom. The van der Waals surface area contributed by atoms with E-state index in [0.29, 0.717) is 12.2 Å². The minimum Gasteiger partial charge on any atom is -0.310 e. The third-order valence-electron chi connectivity index (χ3n) is 4.66. The molecule has 1 N–H and O–H groups in total. The van der Waals surface area contributed by atoms with Crippen LogP contribution < -0.4 is 9.62 Å². The molecule has 1 saturated carbocycles. The molecule has 0 unspecified atom stereocenters. The summed E-state index contributed by atoms with van der Waals surface area (Å²) in [6, 6.07) is 7.03. The Balaban J connectivity index is 1.70. The van der Waals surface area contributed by atoms with Gasteiger partial charge in [-0.05, 0) is 43.2 Å². The summed E-state index contributed by atoms with van der Waals surface area (Å²) >= 11 is 1.57. The van der Waals surface area contributed by atoms with Gasteiger partial charge in [0.05, 0.1) is 16.3 Å². The van der Waals surface area contributed by atoms with Crippen LogP contribution in [0.4, 0.5) is 20.2 Å². The molecule has 28 heavy (non-hydrogen) atoms. The summed E-state index contributed by atoms with van der Waals surface area (Å²) in [6.45, 7) is 2.52. The van der Waals surface area contributed by atoms with Gasteiger partial charge in [0.15, 0.2) is 0 Å². The summed E-state index contributed by atoms with van der Waals surface area (Å²) in [4.78, 5) is 15.0. The van der Waals surface area contributed by atoms with Gasteiger partial charge >= 0.3 is 0 Å². The highest BCUT2D eigenvalue weighted by Gasteiger charge is 2.37. The summed E-state index contributed by atoms with van der Waals surface area (Å²) in [6.07, 6.45) is 1.70. The fourth-order valence-electron chi connectivity index (χ4n) is 3.12. The van der Waals surface area contributed by atoms with Crippen molar-refractivity contribution in [3.8, 4) is 0 Å². The first kappa shape index (κ1) is 19.2. The zero-order valence-corrected chi connectivity index (χ0v) is 16.6. The van der Waals surface area contributed by atoms with Gasteiger partial charge in [-0.25, -0.2) is 17.2 Å². The first-order chi connectivity index (χ1) is 13.2. The van der Waals surface area contributed by atoms with E-state index in [9.17, 15) is 22.0 Å². The smallest absolute Gasteiger partial charge is 0.262 e. The van der Waals surface area contributed by atoms with E-state index in [1.165, 1.54) is 12.1 Å². The molecule has 1 heterocycles. The molecule has 2 aromatic carbocycles. The number of nitrogens with one attached hydrogen (secondary N) is 1. The lowest BCUT2D eigenvalue weighted by Gasteiger charge is -2.33. The van der Waals surface area contributed by atoms with Crippen molar-refractivity contribution in [2.45, 2.75) is 34.8 Å². The Labute approximate surface area is 166 Å². The number of fused-ring (bicyclic) bond motifs is 1. The van der Waals surface area contributed by atoms with Crippen LogP contribution in [-0.4, -0.2) is 26.1 Å². The molecule has 1 aliphatic carbocycles. The Hall–Kier alpha value is -2.13. The molecule has 148 valence electrons. The van der Waals surface area contributed by atoms with Crippen molar-refractivity contribution in [3.63, 3.8) is 0 Å². The first-order valence-electron chi connectivity index (χ1n) is 8.84. The minimum atomic E-state index is -4.16. The number of hydrogen-bond acceptors (Lipinski definition) is 4. The Morgan fingerprint density at radius 2 is 1.93 bits per heavy atom. The lowest BCUT2D eigenvalue weighted by molar-refractivity contribution is -0.119. The molecule has 0 radical (unpaired) electrons. The lowest BCUT2D eigenvalue weighted by Crippen LogP contribution is -2.39. The molecule has 0 saturated heterocycles. The van der Waals surface area contributed by atoms with Crippen LogP contribution in [0.2, 0.25) is 0 Å². The minimum absolute atomic E-state index is 0.00271. The first-order valence-corrected chi connectivity index (χ1v) is 11.2. The Kier molecular flexibility index (Phi) is 4.83. The van der Waals surface area contributed by atoms with Crippen LogP contribution in [0, 0.1) is 17.6 Å². The van der Waals surface area contributed by atoms with Gasteiger partial charge in [0.2, 0.25) is 5.91 Å². The zero-order chi connectivity index (χ0) is 20.1. The monoisotopic (exact) mass is 424 g/mol. The van der Waals surface area contributed by atoms with Crippen molar-refractivity contribution >= 4 is 39.1 Å². The number of benzene rings is 2. The van der Waals surface area contributed by atoms with Crippen LogP contribution in [0.25, 0.3) is 0 Å². The van der Waals surface area contributed by atoms with Crippen molar-refractivity contribution in [2.24, 2.45) is 5.92 Å². The molecule has 1 aliphatic heterocycles. The molecule has 1 amide bonds. The van der Waals surface area contributed by atoms with Gasteiger partial charge in [-0.2, -0.15) is 0 Å². The van der Waals surface area contributed by atoms with E-state index in [2.05, 4.69) is 4.72 Å². The maximum atomic E-state index is 13.8. The van der Waals surface area contributed by atoms with Gasteiger partial charge in [0.1, 0.15) is 11.6 Å². The van der Waals surface area contributed by atoms with Crippen LogP contribution in [0.5, 0.6) is 0 Å². The maximum Gasteiger partial charge on any atom is 0.262 e. The van der Waals surface area contributed by atoms with E-state index in [4.69, 9.17) is 0 Å². The molecule has 0 bridgehead atoms. The summed E-state index contributed by atoms with van der Waals surface area (Å²) in [7, 11) is -4.16. The van der Waals surface area contributed by atoms with E-state index in [1.807, 2.05) is 6.92 Å². The molecule has 1 fully saturated rings. The molecule has 4 rings (SSSR count). The van der Waals surface area contributed by atoms with E-state index in [0.717, 1.165) is 35.9 Å². The average Bonchev–Trinajstić information content (AvgIpc) is 3.48. The Morgan fingerprint density at radius 3 is 2.64 bits per heavy atom. The van der Waals surface area contributed by atoms with Crippen molar-refractivity contribution in [1.82, 2.24) is 0 Å². The number of carbonyl (C=O) groups is 1. The van der Waals surface area contributed by atoms with E-state index >= 15 is 0 Å². The highest BCUT2D eigenvalue weighted by Crippen LogP contribution is 2.42. The number of hydrogen-bond donors (Lipinski definition) is 1. The van der Waals surface area contributed by atoms with Crippen molar-refractivity contribution < 1.29 is 22.0 Å². The number of carbonyl (C=O) groups excluding carboxylic acids is 1. The summed E-state index contributed by atoms with van der Waals surface area (Å²) in [5.41, 5.74) is 0.0780. The molecule has 5 nitrogen and oxygen atoms in total. The highest BCUT2D eigenvalue weighted by molar-refractivity contribution is 8.00. The molecule has 0 spiro atoms. The molecule has 1 atom stereocenters. The summed E-state index contributed by atoms with van der Waals surface area (Å²) in [5, 5.41) is 0.192. The van der Waals surface area contributed by atoms with Gasteiger partial charge in [-0.3, -0.25) is 9.52 Å². The third-order valence-corrected chi connectivity index (χ3v) is 7.18. The molecular weight excluding hydrogens is 406 g/mol. The molecule has 0 aromatic heterocycles. The van der Waals surface area contributed by atoms with Crippen molar-refractivity contribution in [2.75, 3.05) is 16.2 Å². The summed E-state index contributed by atoms with van der Waals surface area (Å²) < 4.78 is 54.7. The third kappa shape index (κ3) is 3.73. The second-order valence-corrected chi connectivity index (χ2v) is 10.2. The molecule has 2 aliphatic rings. The fourth-order valence-corrected chi connectivity index (χ4v) is 5.29. The van der Waals surface area contributed by atoms with Crippen molar-refractivity contribution in [3.05, 3.63) is 48.0 Å². The number of amides is 1. The largest absolute Gasteiger partial charge is 0.310 e. The fraction of sp³-hybridized carbons (Fsp3) is 0.316. The number of thioether (sulfide) groups is 1. The molecular formula is C19H18F2N2O3S2. The van der Waals surface area contributed by atoms with Crippen LogP contribution in [0.15, 0.2) is 46.2 Å². The predicted molar refractivity (Wildman–Crippen MR) is 104 cm³/mol. The highest BCUT2D eigenvalue weighted by atomic mass is 32.2. The average molecular weight is 424 g/mol. The number of anilines is 2. The lowest BCUT2D eigenvalue weighted by atomic mass is 10.2. The number of rotatable bonds is 4. The molecule has 9 heteroatoms. The second-order valence-electron chi connectivity index (χ2n) is 7.01. The maximum absolute atomic E-state index is 13.8. The quantitative estimate of drug-likeness (QED) is 0.806. The topological polar surface area (TPSA) is 66.5 Å².